The fraction of sp³-hybridized carbons (Fsp3) is 0.625. The highest BCUT2D eigenvalue weighted by Crippen LogP contribution is 2.28. The maximum absolute atomic E-state index is 12.5. The van der Waals surface area contributed by atoms with Crippen molar-refractivity contribution in [1.82, 2.24) is 5.32 Å². The van der Waals surface area contributed by atoms with E-state index in [1.54, 1.807) is 12.1 Å². The Morgan fingerprint density at radius 1 is 1.32 bits per heavy atom. The summed E-state index contributed by atoms with van der Waals surface area (Å²) in [6, 6.07) is 4.82. The third-order valence-electron chi connectivity index (χ3n) is 4.10. The highest BCUT2D eigenvalue weighted by atomic mass is 19.3. The van der Waals surface area contributed by atoms with Crippen LogP contribution >= 0.6 is 0 Å². The monoisotopic (exact) mass is 315 g/mol. The van der Waals surface area contributed by atoms with Crippen LogP contribution in [0.4, 0.5) is 8.78 Å². The maximum Gasteiger partial charge on any atom is 0.387 e. The Kier molecular flexibility index (Phi) is 6.39. The lowest BCUT2D eigenvalue weighted by Crippen LogP contribution is -2.31. The molecule has 0 amide bonds. The quantitative estimate of drug-likeness (QED) is 0.774. The molecule has 2 rings (SSSR count). The first-order chi connectivity index (χ1) is 10.6. The molecule has 1 atom stereocenters. The lowest BCUT2D eigenvalue weighted by molar-refractivity contribution is -0.0506. The highest BCUT2D eigenvalue weighted by molar-refractivity contribution is 5.40. The van der Waals surface area contributed by atoms with E-state index in [0.29, 0.717) is 30.3 Å². The summed E-state index contributed by atoms with van der Waals surface area (Å²) < 4.78 is 34.5. The first-order valence-electron chi connectivity index (χ1n) is 7.60. The van der Waals surface area contributed by atoms with E-state index in [2.05, 4.69) is 10.1 Å². The van der Waals surface area contributed by atoms with Crippen LogP contribution in [0.25, 0.3) is 0 Å². The second-order valence-electron chi connectivity index (χ2n) is 5.59. The van der Waals surface area contributed by atoms with Crippen molar-refractivity contribution < 1.29 is 23.4 Å². The fourth-order valence-electron chi connectivity index (χ4n) is 2.88. The highest BCUT2D eigenvalue weighted by Gasteiger charge is 2.22. The molecule has 1 fully saturated rings. The van der Waals surface area contributed by atoms with Gasteiger partial charge in [0.2, 0.25) is 0 Å². The van der Waals surface area contributed by atoms with Crippen LogP contribution in [-0.4, -0.2) is 31.5 Å². The number of alkyl halides is 2. The van der Waals surface area contributed by atoms with E-state index in [0.717, 1.165) is 12.8 Å². The van der Waals surface area contributed by atoms with E-state index in [4.69, 9.17) is 4.74 Å². The van der Waals surface area contributed by atoms with Crippen LogP contribution in [-0.2, 0) is 6.54 Å². The number of aliphatic hydroxyl groups is 1. The number of hydrogen-bond acceptors (Lipinski definition) is 4. The molecule has 1 unspecified atom stereocenters. The van der Waals surface area contributed by atoms with Crippen molar-refractivity contribution in [3.63, 3.8) is 0 Å². The fourth-order valence-corrected chi connectivity index (χ4v) is 2.88. The van der Waals surface area contributed by atoms with E-state index in [1.165, 1.54) is 26.0 Å². The smallest absolute Gasteiger partial charge is 0.387 e. The molecule has 2 N–H and O–H groups in total. The summed E-state index contributed by atoms with van der Waals surface area (Å²) in [7, 11) is 1.47. The number of benzene rings is 1. The molecule has 0 radical (unpaired) electrons. The second kappa shape index (κ2) is 8.29. The Morgan fingerprint density at radius 3 is 2.68 bits per heavy atom. The zero-order valence-electron chi connectivity index (χ0n) is 12.7. The summed E-state index contributed by atoms with van der Waals surface area (Å²) in [5.41, 5.74) is 0.611. The Labute approximate surface area is 129 Å². The molecule has 4 nitrogen and oxygen atoms in total. The topological polar surface area (TPSA) is 50.7 Å². The SMILES string of the molecule is COc1ccc(CNCC(O)C2CCCC2)c(OC(F)F)c1. The van der Waals surface area contributed by atoms with E-state index in [9.17, 15) is 13.9 Å². The van der Waals surface area contributed by atoms with Crippen LogP contribution in [0, 0.1) is 5.92 Å². The predicted molar refractivity (Wildman–Crippen MR) is 79.3 cm³/mol. The standard InChI is InChI=1S/C16H23F2NO3/c1-21-13-7-6-12(15(8-13)22-16(17)18)9-19-10-14(20)11-4-2-3-5-11/h6-8,11,14,16,19-20H,2-5,9-10H2,1H3. The molecular weight excluding hydrogens is 292 g/mol. The molecule has 124 valence electrons. The van der Waals surface area contributed by atoms with Gasteiger partial charge in [0.15, 0.2) is 0 Å². The first kappa shape index (κ1) is 17.0. The molecule has 22 heavy (non-hydrogen) atoms. The summed E-state index contributed by atoms with van der Waals surface area (Å²) in [4.78, 5) is 0. The van der Waals surface area contributed by atoms with Crippen molar-refractivity contribution in [2.24, 2.45) is 5.92 Å². The number of nitrogens with one attached hydrogen (secondary N) is 1. The van der Waals surface area contributed by atoms with E-state index < -0.39 is 6.61 Å². The molecular formula is C16H23F2NO3. The van der Waals surface area contributed by atoms with Crippen molar-refractivity contribution in [3.05, 3.63) is 23.8 Å². The molecule has 1 saturated carbocycles. The van der Waals surface area contributed by atoms with E-state index >= 15 is 0 Å². The van der Waals surface area contributed by atoms with Crippen molar-refractivity contribution >= 4 is 0 Å². The Morgan fingerprint density at radius 2 is 2.05 bits per heavy atom. The normalized spacial score (nSPS) is 17.0. The molecule has 1 aromatic rings. The molecule has 0 bridgehead atoms. The van der Waals surface area contributed by atoms with Crippen LogP contribution in [0.1, 0.15) is 31.2 Å². The van der Waals surface area contributed by atoms with Gasteiger partial charge in [0, 0.05) is 24.7 Å². The van der Waals surface area contributed by atoms with Crippen molar-refractivity contribution in [1.29, 1.82) is 0 Å². The Hall–Kier alpha value is -1.40. The van der Waals surface area contributed by atoms with Crippen LogP contribution in [0.5, 0.6) is 11.5 Å². The molecule has 1 aliphatic rings. The molecule has 0 aliphatic heterocycles. The minimum absolute atomic E-state index is 0.0946. The molecule has 1 aliphatic carbocycles. The zero-order valence-corrected chi connectivity index (χ0v) is 12.7. The lowest BCUT2D eigenvalue weighted by atomic mass is 10.0. The van der Waals surface area contributed by atoms with Crippen LogP contribution in [0.3, 0.4) is 0 Å². The number of aliphatic hydroxyl groups excluding tert-OH is 1. The number of methoxy groups -OCH3 is 1. The predicted octanol–water partition coefficient (Wildman–Crippen LogP) is 2.94. The molecule has 1 aromatic carbocycles. The summed E-state index contributed by atoms with van der Waals surface area (Å²) >= 11 is 0. The maximum atomic E-state index is 12.5. The number of hydrogen-bond donors (Lipinski definition) is 2. The van der Waals surface area contributed by atoms with Gasteiger partial charge in [-0.15, -0.1) is 0 Å². The number of rotatable bonds is 8. The van der Waals surface area contributed by atoms with Gasteiger partial charge in [0.05, 0.1) is 13.2 Å². The number of ether oxygens (including phenoxy) is 2. The average Bonchev–Trinajstić information content (AvgIpc) is 3.02. The molecule has 0 heterocycles. The molecule has 0 spiro atoms. The summed E-state index contributed by atoms with van der Waals surface area (Å²) in [6.45, 7) is -2.07. The van der Waals surface area contributed by atoms with Crippen molar-refractivity contribution in [2.45, 2.75) is 44.9 Å². The Bertz CT molecular complexity index is 465. The van der Waals surface area contributed by atoms with Gasteiger partial charge in [-0.05, 0) is 24.8 Å². The largest absolute Gasteiger partial charge is 0.497 e. The van der Waals surface area contributed by atoms with Gasteiger partial charge in [0.25, 0.3) is 0 Å². The van der Waals surface area contributed by atoms with Crippen LogP contribution in [0.15, 0.2) is 18.2 Å². The van der Waals surface area contributed by atoms with Gasteiger partial charge in [0.1, 0.15) is 11.5 Å². The van der Waals surface area contributed by atoms with Gasteiger partial charge >= 0.3 is 6.61 Å². The van der Waals surface area contributed by atoms with E-state index in [1.807, 2.05) is 0 Å². The Balaban J connectivity index is 1.90. The van der Waals surface area contributed by atoms with Crippen LogP contribution in [0.2, 0.25) is 0 Å². The summed E-state index contributed by atoms with van der Waals surface area (Å²) in [5, 5.41) is 13.2. The molecule has 6 heteroatoms. The first-order valence-corrected chi connectivity index (χ1v) is 7.60. The molecule has 0 saturated heterocycles. The third-order valence-corrected chi connectivity index (χ3v) is 4.10. The van der Waals surface area contributed by atoms with Gasteiger partial charge < -0.3 is 19.9 Å². The lowest BCUT2D eigenvalue weighted by Gasteiger charge is -2.19. The van der Waals surface area contributed by atoms with Gasteiger partial charge in [-0.2, -0.15) is 8.78 Å². The van der Waals surface area contributed by atoms with Crippen molar-refractivity contribution in [3.8, 4) is 11.5 Å². The summed E-state index contributed by atoms with van der Waals surface area (Å²) in [6.07, 6.45) is 4.08. The van der Waals surface area contributed by atoms with E-state index in [-0.39, 0.29) is 11.9 Å². The van der Waals surface area contributed by atoms with Crippen LogP contribution < -0.4 is 14.8 Å². The van der Waals surface area contributed by atoms with Gasteiger partial charge in [-0.25, -0.2) is 0 Å². The van der Waals surface area contributed by atoms with Gasteiger partial charge in [-0.1, -0.05) is 18.9 Å². The zero-order chi connectivity index (χ0) is 15.9. The summed E-state index contributed by atoms with van der Waals surface area (Å²) in [5.74, 6) is 0.905. The number of halogens is 2. The van der Waals surface area contributed by atoms with Crippen molar-refractivity contribution in [2.75, 3.05) is 13.7 Å². The average molecular weight is 315 g/mol. The van der Waals surface area contributed by atoms with Gasteiger partial charge in [-0.3, -0.25) is 0 Å². The minimum Gasteiger partial charge on any atom is -0.497 e. The second-order valence-corrected chi connectivity index (χ2v) is 5.59. The third kappa shape index (κ3) is 4.81. The molecule has 0 aromatic heterocycles. The minimum atomic E-state index is -2.88.